The summed E-state index contributed by atoms with van der Waals surface area (Å²) in [5.74, 6) is -1.93. The van der Waals surface area contributed by atoms with Gasteiger partial charge in [0.05, 0.1) is 6.61 Å². The largest absolute Gasteiger partial charge is 0.490 e. The van der Waals surface area contributed by atoms with Crippen molar-refractivity contribution in [3.8, 4) is 5.75 Å². The van der Waals surface area contributed by atoms with Crippen LogP contribution in [0.3, 0.4) is 0 Å². The molecule has 0 N–H and O–H groups in total. The fourth-order valence-electron chi connectivity index (χ4n) is 1.17. The van der Waals surface area contributed by atoms with Gasteiger partial charge in [-0.25, -0.2) is 4.39 Å². The van der Waals surface area contributed by atoms with Crippen LogP contribution in [0, 0.1) is 11.6 Å². The van der Waals surface area contributed by atoms with Gasteiger partial charge in [0.15, 0.2) is 11.6 Å². The van der Waals surface area contributed by atoms with E-state index in [4.69, 9.17) is 9.47 Å². The highest BCUT2D eigenvalue weighted by atomic mass is 79.9. The molecule has 0 atom stereocenters. The lowest BCUT2D eigenvalue weighted by atomic mass is 10.3. The molecule has 0 aliphatic carbocycles. The van der Waals surface area contributed by atoms with Crippen LogP contribution in [-0.4, -0.2) is 20.3 Å². The molecule has 0 amide bonds. The summed E-state index contributed by atoms with van der Waals surface area (Å²) in [5.41, 5.74) is 0. The molecule has 1 aromatic rings. The average Bonchev–Trinajstić information content (AvgIpc) is 2.24. The number of methoxy groups -OCH3 is 1. The van der Waals surface area contributed by atoms with E-state index >= 15 is 0 Å². The van der Waals surface area contributed by atoms with Crippen molar-refractivity contribution in [1.82, 2.24) is 0 Å². The smallest absolute Gasteiger partial charge is 0.200 e. The summed E-state index contributed by atoms with van der Waals surface area (Å²) in [4.78, 5) is 0. The number of benzene rings is 1. The third-order valence-electron chi connectivity index (χ3n) is 1.96. The van der Waals surface area contributed by atoms with Crippen LogP contribution < -0.4 is 4.74 Å². The van der Waals surface area contributed by atoms with Crippen molar-refractivity contribution in [2.45, 2.75) is 12.8 Å². The third-order valence-corrected chi connectivity index (χ3v) is 2.42. The second-order valence-electron chi connectivity index (χ2n) is 3.25. The van der Waals surface area contributed by atoms with Gasteiger partial charge >= 0.3 is 0 Å². The van der Waals surface area contributed by atoms with Crippen molar-refractivity contribution >= 4 is 15.9 Å². The Morgan fingerprint density at radius 3 is 2.56 bits per heavy atom. The first-order valence-electron chi connectivity index (χ1n) is 4.91. The molecule has 0 radical (unpaired) electrons. The molecule has 16 heavy (non-hydrogen) atoms. The molecule has 0 heterocycles. The Bertz CT molecular complexity index is 345. The fraction of sp³-hybridized carbons (Fsp3) is 0.455. The molecule has 0 unspecified atom stereocenters. The molecular formula is C11H13BrF2O2. The number of hydrogen-bond donors (Lipinski definition) is 0. The van der Waals surface area contributed by atoms with E-state index in [0.29, 0.717) is 17.7 Å². The van der Waals surface area contributed by atoms with Crippen molar-refractivity contribution < 1.29 is 18.3 Å². The van der Waals surface area contributed by atoms with E-state index in [-0.39, 0.29) is 5.75 Å². The molecule has 90 valence electrons. The van der Waals surface area contributed by atoms with E-state index < -0.39 is 11.6 Å². The molecule has 1 aromatic carbocycles. The molecule has 2 nitrogen and oxygen atoms in total. The number of hydrogen-bond acceptors (Lipinski definition) is 2. The maximum atomic E-state index is 13.2. The zero-order valence-electron chi connectivity index (χ0n) is 8.93. The summed E-state index contributed by atoms with van der Waals surface area (Å²) in [7, 11) is 1.62. The van der Waals surface area contributed by atoms with E-state index in [9.17, 15) is 8.78 Å². The van der Waals surface area contributed by atoms with E-state index in [0.717, 1.165) is 18.9 Å². The Morgan fingerprint density at radius 2 is 1.88 bits per heavy atom. The minimum Gasteiger partial charge on any atom is -0.490 e. The molecular weight excluding hydrogens is 282 g/mol. The number of rotatable bonds is 6. The van der Waals surface area contributed by atoms with Crippen LogP contribution in [-0.2, 0) is 4.74 Å². The molecule has 0 bridgehead atoms. The topological polar surface area (TPSA) is 18.5 Å². The standard InChI is InChI=1S/C11H13BrF2O2/c1-15-4-2-3-5-16-10-7-8(12)6-9(13)11(10)14/h6-7H,2-5H2,1H3. The van der Waals surface area contributed by atoms with E-state index in [1.54, 1.807) is 7.11 Å². The van der Waals surface area contributed by atoms with Gasteiger partial charge in [0.25, 0.3) is 0 Å². The highest BCUT2D eigenvalue weighted by Crippen LogP contribution is 2.25. The Morgan fingerprint density at radius 1 is 1.19 bits per heavy atom. The second kappa shape index (κ2) is 6.81. The Hall–Kier alpha value is -0.680. The lowest BCUT2D eigenvalue weighted by molar-refractivity contribution is 0.183. The first kappa shape index (κ1) is 13.4. The van der Waals surface area contributed by atoms with Gasteiger partial charge in [0, 0.05) is 18.2 Å². The fourth-order valence-corrected chi connectivity index (χ4v) is 1.58. The molecule has 5 heteroatoms. The summed E-state index contributed by atoms with van der Waals surface area (Å²) in [6.07, 6.45) is 1.57. The van der Waals surface area contributed by atoms with E-state index in [1.807, 2.05) is 0 Å². The summed E-state index contributed by atoms with van der Waals surface area (Å²) >= 11 is 3.07. The van der Waals surface area contributed by atoms with E-state index in [1.165, 1.54) is 6.07 Å². The summed E-state index contributed by atoms with van der Waals surface area (Å²) in [6.45, 7) is 0.981. The van der Waals surface area contributed by atoms with Crippen molar-refractivity contribution in [2.75, 3.05) is 20.3 Å². The first-order valence-corrected chi connectivity index (χ1v) is 5.70. The lowest BCUT2D eigenvalue weighted by Gasteiger charge is -2.08. The highest BCUT2D eigenvalue weighted by molar-refractivity contribution is 9.10. The van der Waals surface area contributed by atoms with Crippen molar-refractivity contribution in [3.05, 3.63) is 28.2 Å². The van der Waals surface area contributed by atoms with Gasteiger partial charge in [-0.05, 0) is 25.0 Å². The van der Waals surface area contributed by atoms with Crippen LogP contribution in [0.2, 0.25) is 0 Å². The maximum Gasteiger partial charge on any atom is 0.200 e. The number of halogens is 3. The Balaban J connectivity index is 2.47. The Labute approximate surface area is 102 Å². The molecule has 0 fully saturated rings. The zero-order valence-corrected chi connectivity index (χ0v) is 10.5. The molecule has 0 spiro atoms. The molecule has 0 saturated carbocycles. The third kappa shape index (κ3) is 4.06. The van der Waals surface area contributed by atoms with Gasteiger partial charge in [-0.3, -0.25) is 0 Å². The van der Waals surface area contributed by atoms with Gasteiger partial charge in [0.2, 0.25) is 5.82 Å². The van der Waals surface area contributed by atoms with Crippen LogP contribution in [0.4, 0.5) is 8.78 Å². The van der Waals surface area contributed by atoms with Gasteiger partial charge < -0.3 is 9.47 Å². The number of ether oxygens (including phenoxy) is 2. The molecule has 1 rings (SSSR count). The van der Waals surface area contributed by atoms with Crippen molar-refractivity contribution in [1.29, 1.82) is 0 Å². The van der Waals surface area contributed by atoms with Crippen molar-refractivity contribution in [3.63, 3.8) is 0 Å². The maximum absolute atomic E-state index is 13.2. The predicted octanol–water partition coefficient (Wildman–Crippen LogP) is 3.53. The minimum absolute atomic E-state index is 0.0655. The Kier molecular flexibility index (Phi) is 5.69. The molecule has 0 aliphatic rings. The lowest BCUT2D eigenvalue weighted by Crippen LogP contribution is -2.02. The minimum atomic E-state index is -0.949. The highest BCUT2D eigenvalue weighted by Gasteiger charge is 2.10. The van der Waals surface area contributed by atoms with Crippen LogP contribution >= 0.6 is 15.9 Å². The summed E-state index contributed by atoms with van der Waals surface area (Å²) in [6, 6.07) is 2.47. The molecule has 0 aliphatic heterocycles. The SMILES string of the molecule is COCCCCOc1cc(Br)cc(F)c1F. The van der Waals surface area contributed by atoms with Gasteiger partial charge in [-0.15, -0.1) is 0 Å². The van der Waals surface area contributed by atoms with E-state index in [2.05, 4.69) is 15.9 Å². The van der Waals surface area contributed by atoms with Crippen LogP contribution in [0.1, 0.15) is 12.8 Å². The van der Waals surface area contributed by atoms with Gasteiger partial charge in [0.1, 0.15) is 0 Å². The molecule has 0 aromatic heterocycles. The van der Waals surface area contributed by atoms with Gasteiger partial charge in [-0.1, -0.05) is 15.9 Å². The van der Waals surface area contributed by atoms with Crippen LogP contribution in [0.25, 0.3) is 0 Å². The zero-order chi connectivity index (χ0) is 12.0. The van der Waals surface area contributed by atoms with Crippen LogP contribution in [0.5, 0.6) is 5.75 Å². The predicted molar refractivity (Wildman–Crippen MR) is 60.7 cm³/mol. The summed E-state index contributed by atoms with van der Waals surface area (Å²) < 4.78 is 36.6. The average molecular weight is 295 g/mol. The monoisotopic (exact) mass is 294 g/mol. The summed E-state index contributed by atoms with van der Waals surface area (Å²) in [5, 5.41) is 0. The van der Waals surface area contributed by atoms with Crippen molar-refractivity contribution in [2.24, 2.45) is 0 Å². The molecule has 0 saturated heterocycles. The first-order chi connectivity index (χ1) is 7.65. The normalized spacial score (nSPS) is 10.5. The number of unbranched alkanes of at least 4 members (excludes halogenated alkanes) is 1. The second-order valence-corrected chi connectivity index (χ2v) is 4.16. The van der Waals surface area contributed by atoms with Crippen LogP contribution in [0.15, 0.2) is 16.6 Å². The van der Waals surface area contributed by atoms with Gasteiger partial charge in [-0.2, -0.15) is 4.39 Å². The quantitative estimate of drug-likeness (QED) is 0.590.